The largest absolute Gasteiger partial charge is 0.450 e. The van der Waals surface area contributed by atoms with Crippen LogP contribution in [0.3, 0.4) is 0 Å². The van der Waals surface area contributed by atoms with E-state index >= 15 is 0 Å². The molecule has 7 nitrogen and oxygen atoms in total. The molecule has 2 rings (SSSR count). The maximum atomic E-state index is 13.0. The van der Waals surface area contributed by atoms with Crippen LogP contribution in [0.1, 0.15) is 53.4 Å². The Morgan fingerprint density at radius 1 is 1.16 bits per heavy atom. The number of likely N-dealkylation sites (tertiary alicyclic amines) is 2. The summed E-state index contributed by atoms with van der Waals surface area (Å²) in [6.07, 6.45) is 8.17. The van der Waals surface area contributed by atoms with E-state index in [-0.39, 0.29) is 12.1 Å². The third-order valence-electron chi connectivity index (χ3n) is 6.09. The third-order valence-corrected chi connectivity index (χ3v) is 6.09. The number of carbonyl (C=O) groups is 1. The number of halogens is 1. The molecular formula is C23H38FN3O4. The summed E-state index contributed by atoms with van der Waals surface area (Å²) in [4.78, 5) is 16.1. The lowest BCUT2D eigenvalue weighted by atomic mass is 9.93. The van der Waals surface area contributed by atoms with Gasteiger partial charge in [-0.2, -0.15) is 0 Å². The molecule has 0 aromatic heterocycles. The molecular weight excluding hydrogens is 401 g/mol. The maximum Gasteiger partial charge on any atom is 0.409 e. The van der Waals surface area contributed by atoms with E-state index in [0.29, 0.717) is 43.3 Å². The molecule has 0 aliphatic carbocycles. The Bertz CT molecular complexity index is 671. The Morgan fingerprint density at radius 3 is 2.26 bits per heavy atom. The Kier molecular flexibility index (Phi) is 9.53. The number of carbonyl (C=O) groups excluding carboxylic acids is 1. The smallest absolute Gasteiger partial charge is 0.409 e. The van der Waals surface area contributed by atoms with Gasteiger partial charge in [0.15, 0.2) is 0 Å². The van der Waals surface area contributed by atoms with E-state index < -0.39 is 5.60 Å². The molecule has 0 atom stereocenters. The van der Waals surface area contributed by atoms with Crippen molar-refractivity contribution in [2.75, 3.05) is 32.8 Å². The lowest BCUT2D eigenvalue weighted by Gasteiger charge is -2.43. The van der Waals surface area contributed by atoms with Gasteiger partial charge >= 0.3 is 6.09 Å². The van der Waals surface area contributed by atoms with Gasteiger partial charge in [-0.25, -0.2) is 9.18 Å². The van der Waals surface area contributed by atoms with Gasteiger partial charge in [-0.15, -0.1) is 0 Å². The minimum Gasteiger partial charge on any atom is -0.450 e. The molecule has 2 heterocycles. The van der Waals surface area contributed by atoms with Crippen LogP contribution in [0.25, 0.3) is 0 Å². The van der Waals surface area contributed by atoms with E-state index in [1.54, 1.807) is 30.9 Å². The summed E-state index contributed by atoms with van der Waals surface area (Å²) >= 11 is 0. The van der Waals surface area contributed by atoms with Crippen molar-refractivity contribution >= 4 is 6.09 Å². The van der Waals surface area contributed by atoms with Crippen LogP contribution in [0.5, 0.6) is 0 Å². The monoisotopic (exact) mass is 439 g/mol. The molecule has 176 valence electrons. The van der Waals surface area contributed by atoms with Gasteiger partial charge in [0.2, 0.25) is 0 Å². The van der Waals surface area contributed by atoms with Crippen molar-refractivity contribution in [3.63, 3.8) is 0 Å². The Labute approximate surface area is 185 Å². The van der Waals surface area contributed by atoms with Crippen molar-refractivity contribution < 1.29 is 24.2 Å². The Hall–Kier alpha value is -1.90. The molecule has 0 spiro atoms. The second-order valence-corrected chi connectivity index (χ2v) is 8.68. The van der Waals surface area contributed by atoms with Crippen LogP contribution < -0.4 is 0 Å². The molecule has 8 heteroatoms. The fraction of sp³-hybridized carbons (Fsp3) is 0.696. The molecule has 2 fully saturated rings. The first-order chi connectivity index (χ1) is 14.7. The third kappa shape index (κ3) is 6.79. The number of rotatable bonds is 7. The molecule has 0 radical (unpaired) electrons. The standard InChI is InChI=1S/C23H38FN3O4/c1-5-7-21(20(8-13-24)23(3,4)29)27(30)19-11-14-25(15-12-19)18-9-16-26(17-10-18)22(28)31-6-2/h5,7-8,13,18-19,29-30H,6,9-12,14-17H2,1-4H3/b7-5-,13-8+,21-20-. The van der Waals surface area contributed by atoms with Crippen LogP contribution in [-0.4, -0.2) is 81.7 Å². The molecule has 0 saturated carbocycles. The number of nitrogens with zero attached hydrogens (tertiary/aromatic N) is 3. The van der Waals surface area contributed by atoms with Gasteiger partial charge in [0.05, 0.1) is 30.3 Å². The van der Waals surface area contributed by atoms with E-state index in [0.717, 1.165) is 38.8 Å². The number of piperidine rings is 2. The zero-order chi connectivity index (χ0) is 23.0. The number of ether oxygens (including phenoxy) is 1. The lowest BCUT2D eigenvalue weighted by Crippen LogP contribution is -2.51. The zero-order valence-corrected chi connectivity index (χ0v) is 19.3. The van der Waals surface area contributed by atoms with Gasteiger partial charge in [-0.3, -0.25) is 10.3 Å². The van der Waals surface area contributed by atoms with E-state index in [2.05, 4.69) is 4.90 Å². The number of amides is 1. The van der Waals surface area contributed by atoms with E-state index in [1.807, 2.05) is 13.8 Å². The minimum absolute atomic E-state index is 0.118. The average molecular weight is 440 g/mol. The minimum atomic E-state index is -1.30. The van der Waals surface area contributed by atoms with Crippen LogP contribution in [0, 0.1) is 0 Å². The summed E-state index contributed by atoms with van der Waals surface area (Å²) in [5, 5.41) is 22.6. The molecule has 0 unspecified atom stereocenters. The topological polar surface area (TPSA) is 76.5 Å². The van der Waals surface area contributed by atoms with Crippen molar-refractivity contribution in [3.05, 3.63) is 35.8 Å². The second kappa shape index (κ2) is 11.6. The van der Waals surface area contributed by atoms with Crippen LogP contribution in [0.15, 0.2) is 35.8 Å². The quantitative estimate of drug-likeness (QED) is 0.464. The van der Waals surface area contributed by atoms with Crippen molar-refractivity contribution in [1.82, 2.24) is 14.9 Å². The number of aliphatic hydroxyl groups is 1. The fourth-order valence-electron chi connectivity index (χ4n) is 4.43. The highest BCUT2D eigenvalue weighted by atomic mass is 19.1. The van der Waals surface area contributed by atoms with Gasteiger partial charge in [-0.1, -0.05) is 6.08 Å². The Morgan fingerprint density at radius 2 is 1.77 bits per heavy atom. The van der Waals surface area contributed by atoms with Crippen molar-refractivity contribution in [2.24, 2.45) is 0 Å². The molecule has 0 bridgehead atoms. The number of hydroxylamine groups is 2. The highest BCUT2D eigenvalue weighted by Gasteiger charge is 2.33. The van der Waals surface area contributed by atoms with Crippen molar-refractivity contribution in [2.45, 2.75) is 71.1 Å². The van der Waals surface area contributed by atoms with Gasteiger partial charge in [0, 0.05) is 37.8 Å². The Balaban J connectivity index is 1.99. The van der Waals surface area contributed by atoms with Crippen LogP contribution in [-0.2, 0) is 4.74 Å². The normalized spacial score (nSPS) is 21.1. The van der Waals surface area contributed by atoms with Gasteiger partial charge in [0.1, 0.15) is 0 Å². The summed E-state index contributed by atoms with van der Waals surface area (Å²) in [6.45, 7) is 10.3. The summed E-state index contributed by atoms with van der Waals surface area (Å²) in [5.41, 5.74) is -0.569. The molecule has 31 heavy (non-hydrogen) atoms. The number of allylic oxidation sites excluding steroid dienone is 2. The molecule has 2 N–H and O–H groups in total. The maximum absolute atomic E-state index is 13.0. The van der Waals surface area contributed by atoms with E-state index in [4.69, 9.17) is 4.74 Å². The lowest BCUT2D eigenvalue weighted by molar-refractivity contribution is -0.109. The van der Waals surface area contributed by atoms with Gasteiger partial charge in [0.25, 0.3) is 0 Å². The van der Waals surface area contributed by atoms with Crippen LogP contribution in [0.4, 0.5) is 9.18 Å². The van der Waals surface area contributed by atoms with Gasteiger partial charge in [-0.05, 0) is 65.5 Å². The predicted molar refractivity (Wildman–Crippen MR) is 118 cm³/mol. The highest BCUT2D eigenvalue weighted by Crippen LogP contribution is 2.29. The van der Waals surface area contributed by atoms with Crippen LogP contribution in [0.2, 0.25) is 0 Å². The van der Waals surface area contributed by atoms with Crippen molar-refractivity contribution in [1.29, 1.82) is 0 Å². The first kappa shape index (κ1) is 25.4. The molecule has 0 aromatic carbocycles. The summed E-state index contributed by atoms with van der Waals surface area (Å²) < 4.78 is 18.1. The summed E-state index contributed by atoms with van der Waals surface area (Å²) in [5.74, 6) is 0. The SMILES string of the molecule is C\C=C/C(=C(\C=C\F)C(C)(C)O)N(O)C1CCN(C2CCN(C(=O)OCC)CC2)CC1. The number of hydrogen-bond acceptors (Lipinski definition) is 6. The van der Waals surface area contributed by atoms with E-state index in [9.17, 15) is 19.5 Å². The predicted octanol–water partition coefficient (Wildman–Crippen LogP) is 3.85. The summed E-state index contributed by atoms with van der Waals surface area (Å²) in [6, 6.07) is 0.304. The average Bonchev–Trinajstić information content (AvgIpc) is 2.75. The summed E-state index contributed by atoms with van der Waals surface area (Å²) in [7, 11) is 0. The zero-order valence-electron chi connectivity index (χ0n) is 19.3. The molecule has 2 aliphatic heterocycles. The fourth-order valence-corrected chi connectivity index (χ4v) is 4.43. The molecule has 0 aromatic rings. The molecule has 2 saturated heterocycles. The van der Waals surface area contributed by atoms with E-state index in [1.165, 1.54) is 11.1 Å². The van der Waals surface area contributed by atoms with Gasteiger partial charge < -0.3 is 19.6 Å². The highest BCUT2D eigenvalue weighted by molar-refractivity contribution is 5.67. The molecule has 1 amide bonds. The van der Waals surface area contributed by atoms with Crippen molar-refractivity contribution in [3.8, 4) is 0 Å². The molecule has 2 aliphatic rings. The first-order valence-electron chi connectivity index (χ1n) is 11.2. The first-order valence-corrected chi connectivity index (χ1v) is 11.2. The van der Waals surface area contributed by atoms with Crippen LogP contribution >= 0.6 is 0 Å². The second-order valence-electron chi connectivity index (χ2n) is 8.68. The number of hydrogen-bond donors (Lipinski definition) is 2.